The van der Waals surface area contributed by atoms with E-state index in [0.29, 0.717) is 18.3 Å². The van der Waals surface area contributed by atoms with E-state index in [0.717, 1.165) is 21.2 Å². The molecule has 2 N–H and O–H groups in total. The fraction of sp³-hybridized carbons (Fsp3) is 0.0667. The van der Waals surface area contributed by atoms with Gasteiger partial charge < -0.3 is 10.3 Å². The van der Waals surface area contributed by atoms with E-state index < -0.39 is 0 Å². The SMILES string of the molecule is NCc1cccc(-c2nc(-c3ccccc3Br)no2)c1. The zero-order valence-corrected chi connectivity index (χ0v) is 12.2. The molecule has 0 radical (unpaired) electrons. The average molecular weight is 330 g/mol. The highest BCUT2D eigenvalue weighted by Crippen LogP contribution is 2.27. The van der Waals surface area contributed by atoms with Crippen LogP contribution in [0.1, 0.15) is 5.56 Å². The van der Waals surface area contributed by atoms with Gasteiger partial charge in [-0.15, -0.1) is 0 Å². The molecule has 0 unspecified atom stereocenters. The summed E-state index contributed by atoms with van der Waals surface area (Å²) in [6, 6.07) is 15.5. The molecule has 5 heteroatoms. The maximum atomic E-state index is 5.64. The summed E-state index contributed by atoms with van der Waals surface area (Å²) in [7, 11) is 0. The van der Waals surface area contributed by atoms with Gasteiger partial charge >= 0.3 is 0 Å². The molecule has 1 aromatic heterocycles. The summed E-state index contributed by atoms with van der Waals surface area (Å²) in [6.45, 7) is 0.485. The summed E-state index contributed by atoms with van der Waals surface area (Å²) in [5.41, 5.74) is 8.45. The Morgan fingerprint density at radius 1 is 1.10 bits per heavy atom. The largest absolute Gasteiger partial charge is 0.334 e. The Labute approximate surface area is 124 Å². The Morgan fingerprint density at radius 2 is 1.95 bits per heavy atom. The lowest BCUT2D eigenvalue weighted by Crippen LogP contribution is -1.95. The summed E-state index contributed by atoms with van der Waals surface area (Å²) in [5, 5.41) is 4.03. The molecule has 4 nitrogen and oxygen atoms in total. The van der Waals surface area contributed by atoms with Gasteiger partial charge in [-0.05, 0) is 29.8 Å². The first-order valence-electron chi connectivity index (χ1n) is 6.16. The molecule has 0 aliphatic heterocycles. The van der Waals surface area contributed by atoms with E-state index in [1.807, 2.05) is 48.5 Å². The van der Waals surface area contributed by atoms with Crippen molar-refractivity contribution in [3.63, 3.8) is 0 Å². The van der Waals surface area contributed by atoms with Crippen LogP contribution in [0.2, 0.25) is 0 Å². The second-order valence-corrected chi connectivity index (χ2v) is 5.16. The predicted molar refractivity (Wildman–Crippen MR) is 80.8 cm³/mol. The Kier molecular flexibility index (Phi) is 3.62. The molecule has 2 aromatic carbocycles. The monoisotopic (exact) mass is 329 g/mol. The fourth-order valence-corrected chi connectivity index (χ4v) is 2.39. The van der Waals surface area contributed by atoms with Crippen LogP contribution in [0.15, 0.2) is 57.5 Å². The predicted octanol–water partition coefficient (Wildman–Crippen LogP) is 3.62. The van der Waals surface area contributed by atoms with E-state index in [1.165, 1.54) is 0 Å². The average Bonchev–Trinajstić information content (AvgIpc) is 2.97. The van der Waals surface area contributed by atoms with E-state index in [4.69, 9.17) is 10.3 Å². The van der Waals surface area contributed by atoms with Gasteiger partial charge in [-0.25, -0.2) is 0 Å². The Balaban J connectivity index is 2.00. The Bertz CT molecular complexity index is 739. The number of hydrogen-bond donors (Lipinski definition) is 1. The number of benzene rings is 2. The van der Waals surface area contributed by atoms with Crippen molar-refractivity contribution in [3.8, 4) is 22.8 Å². The lowest BCUT2D eigenvalue weighted by atomic mass is 10.1. The number of nitrogens with two attached hydrogens (primary N) is 1. The van der Waals surface area contributed by atoms with Crippen LogP contribution >= 0.6 is 15.9 Å². The van der Waals surface area contributed by atoms with E-state index in [1.54, 1.807) is 0 Å². The molecule has 0 aliphatic carbocycles. The van der Waals surface area contributed by atoms with Gasteiger partial charge in [0.15, 0.2) is 0 Å². The minimum atomic E-state index is 0.485. The number of aromatic nitrogens is 2. The first-order chi connectivity index (χ1) is 9.78. The topological polar surface area (TPSA) is 64.9 Å². The van der Waals surface area contributed by atoms with Crippen molar-refractivity contribution in [2.24, 2.45) is 5.73 Å². The van der Waals surface area contributed by atoms with Crippen molar-refractivity contribution in [1.29, 1.82) is 0 Å². The molecular weight excluding hydrogens is 318 g/mol. The highest BCUT2D eigenvalue weighted by Gasteiger charge is 2.12. The first kappa shape index (κ1) is 13.0. The van der Waals surface area contributed by atoms with Crippen LogP contribution in [0.25, 0.3) is 22.8 Å². The van der Waals surface area contributed by atoms with Crippen molar-refractivity contribution in [3.05, 3.63) is 58.6 Å². The zero-order valence-electron chi connectivity index (χ0n) is 10.6. The van der Waals surface area contributed by atoms with E-state index in [2.05, 4.69) is 26.1 Å². The minimum Gasteiger partial charge on any atom is -0.334 e. The van der Waals surface area contributed by atoms with Crippen LogP contribution < -0.4 is 5.73 Å². The van der Waals surface area contributed by atoms with Crippen LogP contribution in [0.4, 0.5) is 0 Å². The third kappa shape index (κ3) is 2.50. The van der Waals surface area contributed by atoms with Gasteiger partial charge in [0.05, 0.1) is 0 Å². The summed E-state index contributed by atoms with van der Waals surface area (Å²) in [6.07, 6.45) is 0. The number of hydrogen-bond acceptors (Lipinski definition) is 4. The first-order valence-corrected chi connectivity index (χ1v) is 6.95. The normalized spacial score (nSPS) is 10.7. The zero-order chi connectivity index (χ0) is 13.9. The van der Waals surface area contributed by atoms with Crippen molar-refractivity contribution in [2.75, 3.05) is 0 Å². The molecule has 100 valence electrons. The number of nitrogens with zero attached hydrogens (tertiary/aromatic N) is 2. The van der Waals surface area contributed by atoms with Crippen molar-refractivity contribution in [1.82, 2.24) is 10.1 Å². The van der Waals surface area contributed by atoms with Gasteiger partial charge in [0.25, 0.3) is 5.89 Å². The molecule has 0 bridgehead atoms. The molecule has 3 rings (SSSR count). The summed E-state index contributed by atoms with van der Waals surface area (Å²) in [4.78, 5) is 4.44. The lowest BCUT2D eigenvalue weighted by molar-refractivity contribution is 0.432. The maximum Gasteiger partial charge on any atom is 0.258 e. The number of rotatable bonds is 3. The van der Waals surface area contributed by atoms with Gasteiger partial charge in [-0.3, -0.25) is 0 Å². The number of halogens is 1. The highest BCUT2D eigenvalue weighted by atomic mass is 79.9. The Hall–Kier alpha value is -1.98. The van der Waals surface area contributed by atoms with Crippen LogP contribution in [0.3, 0.4) is 0 Å². The molecule has 0 aliphatic rings. The summed E-state index contributed by atoms with van der Waals surface area (Å²) >= 11 is 3.48. The molecule has 0 amide bonds. The third-order valence-corrected chi connectivity index (χ3v) is 3.64. The standard InChI is InChI=1S/C15H12BrN3O/c16-13-7-2-1-6-12(13)14-18-15(20-19-14)11-5-3-4-10(8-11)9-17/h1-8H,9,17H2. The summed E-state index contributed by atoms with van der Waals surface area (Å²) < 4.78 is 6.27. The quantitative estimate of drug-likeness (QED) is 0.796. The molecule has 3 aromatic rings. The van der Waals surface area contributed by atoms with E-state index in [9.17, 15) is 0 Å². The van der Waals surface area contributed by atoms with Gasteiger partial charge in [0.1, 0.15) is 0 Å². The van der Waals surface area contributed by atoms with Crippen LogP contribution in [0.5, 0.6) is 0 Å². The van der Waals surface area contributed by atoms with Gasteiger partial charge in [0.2, 0.25) is 5.82 Å². The lowest BCUT2D eigenvalue weighted by Gasteiger charge is -1.98. The molecule has 0 fully saturated rings. The summed E-state index contributed by atoms with van der Waals surface area (Å²) in [5.74, 6) is 1.05. The molecule has 0 saturated carbocycles. The Morgan fingerprint density at radius 3 is 2.75 bits per heavy atom. The highest BCUT2D eigenvalue weighted by molar-refractivity contribution is 9.10. The second kappa shape index (κ2) is 5.56. The fourth-order valence-electron chi connectivity index (χ4n) is 1.92. The van der Waals surface area contributed by atoms with Gasteiger partial charge in [0, 0.05) is 22.1 Å². The maximum absolute atomic E-state index is 5.64. The van der Waals surface area contributed by atoms with Crippen molar-refractivity contribution in [2.45, 2.75) is 6.54 Å². The molecule has 0 atom stereocenters. The third-order valence-electron chi connectivity index (χ3n) is 2.95. The van der Waals surface area contributed by atoms with Crippen molar-refractivity contribution >= 4 is 15.9 Å². The van der Waals surface area contributed by atoms with Crippen LogP contribution in [-0.4, -0.2) is 10.1 Å². The molecular formula is C15H12BrN3O. The molecule has 20 heavy (non-hydrogen) atoms. The van der Waals surface area contributed by atoms with Crippen LogP contribution in [-0.2, 0) is 6.54 Å². The molecule has 0 saturated heterocycles. The molecule has 1 heterocycles. The smallest absolute Gasteiger partial charge is 0.258 e. The molecule has 0 spiro atoms. The van der Waals surface area contributed by atoms with E-state index in [-0.39, 0.29) is 0 Å². The van der Waals surface area contributed by atoms with Gasteiger partial charge in [-0.2, -0.15) is 4.98 Å². The van der Waals surface area contributed by atoms with Crippen LogP contribution in [0, 0.1) is 0 Å². The van der Waals surface area contributed by atoms with Gasteiger partial charge in [-0.1, -0.05) is 45.4 Å². The minimum absolute atomic E-state index is 0.485. The van der Waals surface area contributed by atoms with E-state index >= 15 is 0 Å². The second-order valence-electron chi connectivity index (χ2n) is 4.31. The van der Waals surface area contributed by atoms with Crippen molar-refractivity contribution < 1.29 is 4.52 Å².